The predicted octanol–water partition coefficient (Wildman–Crippen LogP) is 1.88. The largest absolute Gasteiger partial charge is 0.468 e. The van der Waals surface area contributed by atoms with Crippen molar-refractivity contribution in [3.8, 4) is 12.3 Å². The average molecular weight is 294 g/mol. The van der Waals surface area contributed by atoms with E-state index in [1.54, 1.807) is 12.2 Å². The first kappa shape index (κ1) is 18.9. The molecule has 0 spiro atoms. The van der Waals surface area contributed by atoms with Crippen LogP contribution in [0.1, 0.15) is 19.8 Å². The van der Waals surface area contributed by atoms with Gasteiger partial charge in [-0.25, -0.2) is 0 Å². The van der Waals surface area contributed by atoms with E-state index in [0.717, 1.165) is 5.57 Å². The van der Waals surface area contributed by atoms with Crippen LogP contribution in [-0.2, 0) is 23.8 Å². The van der Waals surface area contributed by atoms with Crippen molar-refractivity contribution < 1.29 is 23.8 Å². The summed E-state index contributed by atoms with van der Waals surface area (Å²) < 4.78 is 14.7. The zero-order valence-corrected chi connectivity index (χ0v) is 12.8. The van der Waals surface area contributed by atoms with E-state index in [1.165, 1.54) is 14.2 Å². The van der Waals surface area contributed by atoms with Crippen LogP contribution in [0.4, 0.5) is 0 Å². The SMILES string of the molecule is C#CCC(C/C=C/COCC(=C)C)(C(=O)OC)C(=O)OC. The average Bonchev–Trinajstić information content (AvgIpc) is 2.47. The molecular weight excluding hydrogens is 272 g/mol. The number of hydrogen-bond acceptors (Lipinski definition) is 5. The van der Waals surface area contributed by atoms with Gasteiger partial charge in [0.25, 0.3) is 0 Å². The number of methoxy groups -OCH3 is 2. The molecule has 0 radical (unpaired) electrons. The molecule has 0 bridgehead atoms. The molecule has 116 valence electrons. The molecule has 0 atom stereocenters. The standard InChI is InChI=1S/C16H22O5/c1-6-9-16(14(17)19-4,15(18)20-5)10-7-8-11-21-12-13(2)3/h1,7-8H,2,9-12H2,3-5H3/b8-7+. The lowest BCUT2D eigenvalue weighted by Crippen LogP contribution is -2.40. The van der Waals surface area contributed by atoms with E-state index in [0.29, 0.717) is 13.2 Å². The van der Waals surface area contributed by atoms with Crippen molar-refractivity contribution in [2.75, 3.05) is 27.4 Å². The summed E-state index contributed by atoms with van der Waals surface area (Å²) in [6.07, 6.45) is 8.62. The Morgan fingerprint density at radius 2 is 1.81 bits per heavy atom. The first-order valence-corrected chi connectivity index (χ1v) is 6.42. The highest BCUT2D eigenvalue weighted by molar-refractivity contribution is 6.00. The highest BCUT2D eigenvalue weighted by Gasteiger charge is 2.46. The van der Waals surface area contributed by atoms with Crippen molar-refractivity contribution in [3.05, 3.63) is 24.3 Å². The predicted molar refractivity (Wildman–Crippen MR) is 79.3 cm³/mol. The van der Waals surface area contributed by atoms with Crippen molar-refractivity contribution in [2.45, 2.75) is 19.8 Å². The molecule has 0 amide bonds. The number of ether oxygens (including phenoxy) is 3. The summed E-state index contributed by atoms with van der Waals surface area (Å²) in [5, 5.41) is 0. The Morgan fingerprint density at radius 3 is 2.24 bits per heavy atom. The minimum Gasteiger partial charge on any atom is -0.468 e. The van der Waals surface area contributed by atoms with Gasteiger partial charge in [0.1, 0.15) is 0 Å². The fourth-order valence-corrected chi connectivity index (χ4v) is 1.69. The van der Waals surface area contributed by atoms with Crippen LogP contribution in [0, 0.1) is 17.8 Å². The van der Waals surface area contributed by atoms with Crippen LogP contribution in [-0.4, -0.2) is 39.4 Å². The summed E-state index contributed by atoms with van der Waals surface area (Å²) in [6, 6.07) is 0. The van der Waals surface area contributed by atoms with Crippen LogP contribution < -0.4 is 0 Å². The number of carbonyl (C=O) groups excluding carboxylic acids is 2. The van der Waals surface area contributed by atoms with Gasteiger partial charge < -0.3 is 14.2 Å². The van der Waals surface area contributed by atoms with E-state index in [4.69, 9.17) is 11.2 Å². The summed E-state index contributed by atoms with van der Waals surface area (Å²) in [7, 11) is 2.41. The lowest BCUT2D eigenvalue weighted by molar-refractivity contribution is -0.168. The van der Waals surface area contributed by atoms with Crippen molar-refractivity contribution in [1.82, 2.24) is 0 Å². The third-order valence-corrected chi connectivity index (χ3v) is 2.75. The van der Waals surface area contributed by atoms with Crippen LogP contribution in [0.3, 0.4) is 0 Å². The van der Waals surface area contributed by atoms with Crippen molar-refractivity contribution >= 4 is 11.9 Å². The fourth-order valence-electron chi connectivity index (χ4n) is 1.69. The molecule has 0 aromatic rings. The summed E-state index contributed by atoms with van der Waals surface area (Å²) >= 11 is 0. The molecule has 0 heterocycles. The molecule has 0 aromatic heterocycles. The molecule has 0 aliphatic heterocycles. The molecule has 0 aromatic carbocycles. The molecule has 0 saturated heterocycles. The van der Waals surface area contributed by atoms with Crippen molar-refractivity contribution in [3.63, 3.8) is 0 Å². The minimum absolute atomic E-state index is 0.0903. The Balaban J connectivity index is 4.86. The lowest BCUT2D eigenvalue weighted by atomic mass is 9.81. The Labute approximate surface area is 125 Å². The van der Waals surface area contributed by atoms with Crippen LogP contribution in [0.5, 0.6) is 0 Å². The Morgan fingerprint density at radius 1 is 1.24 bits per heavy atom. The van der Waals surface area contributed by atoms with E-state index < -0.39 is 17.4 Å². The third kappa shape index (κ3) is 5.84. The van der Waals surface area contributed by atoms with E-state index in [9.17, 15) is 9.59 Å². The zero-order chi connectivity index (χ0) is 16.3. The van der Waals surface area contributed by atoms with Crippen LogP contribution >= 0.6 is 0 Å². The van der Waals surface area contributed by atoms with E-state index >= 15 is 0 Å². The molecule has 0 aliphatic carbocycles. The van der Waals surface area contributed by atoms with E-state index in [2.05, 4.69) is 22.0 Å². The second-order valence-electron chi connectivity index (χ2n) is 4.59. The Kier molecular flexibility index (Phi) is 8.82. The highest BCUT2D eigenvalue weighted by atomic mass is 16.5. The number of carbonyl (C=O) groups is 2. The van der Waals surface area contributed by atoms with Gasteiger partial charge in [-0.3, -0.25) is 9.59 Å². The van der Waals surface area contributed by atoms with Gasteiger partial charge in [-0.05, 0) is 13.3 Å². The van der Waals surface area contributed by atoms with Gasteiger partial charge in [0, 0.05) is 6.42 Å². The Hall–Kier alpha value is -2.06. The molecule has 0 aliphatic rings. The molecular formula is C16H22O5. The van der Waals surface area contributed by atoms with Crippen molar-refractivity contribution in [2.24, 2.45) is 5.41 Å². The normalized spacial score (nSPS) is 11.0. The highest BCUT2D eigenvalue weighted by Crippen LogP contribution is 2.30. The molecule has 0 rings (SSSR count). The van der Waals surface area contributed by atoms with Gasteiger partial charge in [0.2, 0.25) is 0 Å². The maximum Gasteiger partial charge on any atom is 0.324 e. The van der Waals surface area contributed by atoms with Gasteiger partial charge in [-0.15, -0.1) is 12.3 Å². The van der Waals surface area contributed by atoms with Gasteiger partial charge in [-0.2, -0.15) is 0 Å². The first-order valence-electron chi connectivity index (χ1n) is 6.42. The second kappa shape index (κ2) is 9.78. The maximum absolute atomic E-state index is 11.9. The van der Waals surface area contributed by atoms with Gasteiger partial charge >= 0.3 is 11.9 Å². The number of hydrogen-bond donors (Lipinski definition) is 0. The fraction of sp³-hybridized carbons (Fsp3) is 0.500. The molecule has 0 fully saturated rings. The van der Waals surface area contributed by atoms with E-state index in [-0.39, 0.29) is 12.8 Å². The molecule has 0 N–H and O–H groups in total. The topological polar surface area (TPSA) is 61.8 Å². The molecule has 0 saturated carbocycles. The van der Waals surface area contributed by atoms with Crippen LogP contribution in [0.2, 0.25) is 0 Å². The Bertz CT molecular complexity index is 426. The maximum atomic E-state index is 11.9. The smallest absolute Gasteiger partial charge is 0.324 e. The van der Waals surface area contributed by atoms with Gasteiger partial charge in [0.15, 0.2) is 5.41 Å². The van der Waals surface area contributed by atoms with Crippen LogP contribution in [0.25, 0.3) is 0 Å². The first-order chi connectivity index (χ1) is 9.94. The lowest BCUT2D eigenvalue weighted by Gasteiger charge is -2.24. The summed E-state index contributed by atoms with van der Waals surface area (Å²) in [4.78, 5) is 23.9. The third-order valence-electron chi connectivity index (χ3n) is 2.75. The number of esters is 2. The van der Waals surface area contributed by atoms with Crippen LogP contribution in [0.15, 0.2) is 24.3 Å². The monoisotopic (exact) mass is 294 g/mol. The van der Waals surface area contributed by atoms with Gasteiger partial charge in [-0.1, -0.05) is 24.3 Å². The molecule has 21 heavy (non-hydrogen) atoms. The zero-order valence-electron chi connectivity index (χ0n) is 12.8. The minimum atomic E-state index is -1.51. The number of rotatable bonds is 9. The number of allylic oxidation sites excluding steroid dienone is 1. The van der Waals surface area contributed by atoms with Crippen molar-refractivity contribution in [1.29, 1.82) is 0 Å². The molecule has 5 heteroatoms. The summed E-state index contributed by atoms with van der Waals surface area (Å²) in [6.45, 7) is 6.37. The second-order valence-corrected chi connectivity index (χ2v) is 4.59. The number of terminal acetylenes is 1. The summed E-state index contributed by atoms with van der Waals surface area (Å²) in [5.74, 6) is 0.911. The summed E-state index contributed by atoms with van der Waals surface area (Å²) in [5.41, 5.74) is -0.600. The molecule has 5 nitrogen and oxygen atoms in total. The molecule has 0 unspecified atom stereocenters. The van der Waals surface area contributed by atoms with Gasteiger partial charge in [0.05, 0.1) is 27.4 Å². The van der Waals surface area contributed by atoms with E-state index in [1.807, 2.05) is 6.92 Å². The quantitative estimate of drug-likeness (QED) is 0.214.